The highest BCUT2D eigenvalue weighted by atomic mass is 16.7. The van der Waals surface area contributed by atoms with E-state index in [-0.39, 0.29) is 12.4 Å². The van der Waals surface area contributed by atoms with Crippen molar-refractivity contribution in [3.05, 3.63) is 48.0 Å². The Hall–Kier alpha value is -1.12. The Labute approximate surface area is 96.9 Å². The van der Waals surface area contributed by atoms with E-state index in [1.165, 1.54) is 0 Å². The summed E-state index contributed by atoms with van der Waals surface area (Å²) in [4.78, 5) is 0. The zero-order valence-electron chi connectivity index (χ0n) is 9.85. The number of rotatable bonds is 2. The van der Waals surface area contributed by atoms with Gasteiger partial charge in [0.25, 0.3) is 0 Å². The smallest absolute Gasteiger partial charge is 0.184 e. The predicted molar refractivity (Wildman–Crippen MR) is 64.0 cm³/mol. The molecule has 86 valence electrons. The molecule has 0 saturated carbocycles. The van der Waals surface area contributed by atoms with Gasteiger partial charge in [-0.15, -0.1) is 0 Å². The topological polar surface area (TPSA) is 18.5 Å². The van der Waals surface area contributed by atoms with E-state index in [1.807, 2.05) is 37.3 Å². The molecule has 0 aromatic heterocycles. The third-order valence-electron chi connectivity index (χ3n) is 2.85. The maximum Gasteiger partial charge on any atom is 0.184 e. The fourth-order valence-corrected chi connectivity index (χ4v) is 2.02. The van der Waals surface area contributed by atoms with Gasteiger partial charge in [0.15, 0.2) is 6.29 Å². The summed E-state index contributed by atoms with van der Waals surface area (Å²) in [5.74, 6) is 0.373. The molecule has 2 nitrogen and oxygen atoms in total. The van der Waals surface area contributed by atoms with Crippen LogP contribution < -0.4 is 0 Å². The molecule has 1 aromatic carbocycles. The first-order chi connectivity index (χ1) is 7.68. The van der Waals surface area contributed by atoms with Crippen LogP contribution in [0.2, 0.25) is 0 Å². The van der Waals surface area contributed by atoms with Crippen LogP contribution in [0.1, 0.15) is 25.7 Å². The Kier molecular flexibility index (Phi) is 3.42. The van der Waals surface area contributed by atoms with Gasteiger partial charge in [-0.1, -0.05) is 49.4 Å². The second-order valence-corrected chi connectivity index (χ2v) is 4.46. The molecule has 1 aliphatic rings. The van der Waals surface area contributed by atoms with Crippen LogP contribution in [0.4, 0.5) is 0 Å². The van der Waals surface area contributed by atoms with Gasteiger partial charge in [-0.25, -0.2) is 0 Å². The maximum atomic E-state index is 5.92. The molecule has 2 heteroatoms. The molecule has 2 rings (SSSR count). The lowest BCUT2D eigenvalue weighted by atomic mass is 9.99. The Morgan fingerprint density at radius 3 is 2.62 bits per heavy atom. The van der Waals surface area contributed by atoms with Gasteiger partial charge < -0.3 is 9.47 Å². The molecular formula is C14H18O2. The first-order valence-electron chi connectivity index (χ1n) is 5.66. The van der Waals surface area contributed by atoms with Crippen molar-refractivity contribution in [2.24, 2.45) is 5.92 Å². The monoisotopic (exact) mass is 218 g/mol. The van der Waals surface area contributed by atoms with Gasteiger partial charge in [0.2, 0.25) is 0 Å². The highest BCUT2D eigenvalue weighted by Crippen LogP contribution is 2.31. The van der Waals surface area contributed by atoms with E-state index in [0.717, 1.165) is 17.7 Å². The fraction of sp³-hybridized carbons (Fsp3) is 0.429. The zero-order chi connectivity index (χ0) is 11.5. The Morgan fingerprint density at radius 1 is 1.31 bits per heavy atom. The summed E-state index contributed by atoms with van der Waals surface area (Å²) in [6.45, 7) is 8.83. The molecule has 0 radical (unpaired) electrons. The SMILES string of the molecule is C=C(C)[C@H]1O[C@@H](c2ccccc2)OC[C@H]1C. The van der Waals surface area contributed by atoms with Crippen LogP contribution in [0, 0.1) is 5.92 Å². The molecule has 1 aliphatic heterocycles. The van der Waals surface area contributed by atoms with Crippen molar-refractivity contribution in [1.29, 1.82) is 0 Å². The minimum Gasteiger partial charge on any atom is -0.348 e. The van der Waals surface area contributed by atoms with Gasteiger partial charge in [0.1, 0.15) is 0 Å². The van der Waals surface area contributed by atoms with Gasteiger partial charge in [-0.05, 0) is 6.92 Å². The molecule has 3 atom stereocenters. The summed E-state index contributed by atoms with van der Waals surface area (Å²) < 4.78 is 11.6. The molecule has 1 fully saturated rings. The van der Waals surface area contributed by atoms with Crippen molar-refractivity contribution < 1.29 is 9.47 Å². The van der Waals surface area contributed by atoms with Gasteiger partial charge in [-0.3, -0.25) is 0 Å². The fourth-order valence-electron chi connectivity index (χ4n) is 2.02. The zero-order valence-corrected chi connectivity index (χ0v) is 9.85. The van der Waals surface area contributed by atoms with Crippen LogP contribution in [0.25, 0.3) is 0 Å². The lowest BCUT2D eigenvalue weighted by Gasteiger charge is -2.35. The summed E-state index contributed by atoms with van der Waals surface area (Å²) >= 11 is 0. The minimum absolute atomic E-state index is 0.0963. The molecule has 0 N–H and O–H groups in total. The normalized spacial score (nSPS) is 30.0. The van der Waals surface area contributed by atoms with Crippen LogP contribution >= 0.6 is 0 Å². The lowest BCUT2D eigenvalue weighted by Crippen LogP contribution is -2.35. The number of ether oxygens (including phenoxy) is 2. The Morgan fingerprint density at radius 2 is 2.00 bits per heavy atom. The summed E-state index contributed by atoms with van der Waals surface area (Å²) in [5, 5.41) is 0. The summed E-state index contributed by atoms with van der Waals surface area (Å²) in [5.41, 5.74) is 2.14. The average molecular weight is 218 g/mol. The minimum atomic E-state index is -0.251. The van der Waals surface area contributed by atoms with E-state index < -0.39 is 0 Å². The van der Waals surface area contributed by atoms with Crippen molar-refractivity contribution in [3.8, 4) is 0 Å². The number of hydrogen-bond acceptors (Lipinski definition) is 2. The molecule has 0 spiro atoms. The number of hydrogen-bond donors (Lipinski definition) is 0. The largest absolute Gasteiger partial charge is 0.348 e. The van der Waals surface area contributed by atoms with Crippen molar-refractivity contribution >= 4 is 0 Å². The quantitative estimate of drug-likeness (QED) is 0.709. The van der Waals surface area contributed by atoms with Crippen molar-refractivity contribution in [2.75, 3.05) is 6.61 Å². The van der Waals surface area contributed by atoms with Gasteiger partial charge in [0.05, 0.1) is 12.7 Å². The Balaban J connectivity index is 2.12. The second-order valence-electron chi connectivity index (χ2n) is 4.46. The van der Waals surface area contributed by atoms with Crippen LogP contribution in [0.3, 0.4) is 0 Å². The van der Waals surface area contributed by atoms with Crippen LogP contribution in [-0.4, -0.2) is 12.7 Å². The van der Waals surface area contributed by atoms with Crippen molar-refractivity contribution in [1.82, 2.24) is 0 Å². The second kappa shape index (κ2) is 4.81. The van der Waals surface area contributed by atoms with Crippen molar-refractivity contribution in [2.45, 2.75) is 26.2 Å². The average Bonchev–Trinajstić information content (AvgIpc) is 2.30. The van der Waals surface area contributed by atoms with E-state index >= 15 is 0 Å². The summed E-state index contributed by atoms with van der Waals surface area (Å²) in [7, 11) is 0. The molecule has 0 unspecified atom stereocenters. The highest BCUT2D eigenvalue weighted by Gasteiger charge is 2.30. The van der Waals surface area contributed by atoms with E-state index in [1.54, 1.807) is 0 Å². The molecule has 1 heterocycles. The number of benzene rings is 1. The first-order valence-corrected chi connectivity index (χ1v) is 5.66. The van der Waals surface area contributed by atoms with E-state index in [2.05, 4.69) is 13.5 Å². The molecular weight excluding hydrogens is 200 g/mol. The van der Waals surface area contributed by atoms with Crippen molar-refractivity contribution in [3.63, 3.8) is 0 Å². The van der Waals surface area contributed by atoms with Gasteiger partial charge in [0, 0.05) is 11.5 Å². The molecule has 1 aromatic rings. The molecule has 0 amide bonds. The lowest BCUT2D eigenvalue weighted by molar-refractivity contribution is -0.228. The van der Waals surface area contributed by atoms with E-state index in [4.69, 9.17) is 9.47 Å². The Bertz CT molecular complexity index is 358. The third kappa shape index (κ3) is 2.34. The molecule has 0 aliphatic carbocycles. The molecule has 1 saturated heterocycles. The predicted octanol–water partition coefficient (Wildman–Crippen LogP) is 3.31. The van der Waals surface area contributed by atoms with Crippen LogP contribution in [-0.2, 0) is 9.47 Å². The van der Waals surface area contributed by atoms with Crippen LogP contribution in [0.5, 0.6) is 0 Å². The first kappa shape index (κ1) is 11.4. The van der Waals surface area contributed by atoms with Gasteiger partial charge in [-0.2, -0.15) is 0 Å². The molecule has 0 bridgehead atoms. The van der Waals surface area contributed by atoms with Gasteiger partial charge >= 0.3 is 0 Å². The van der Waals surface area contributed by atoms with E-state index in [0.29, 0.717) is 5.92 Å². The molecule has 16 heavy (non-hydrogen) atoms. The third-order valence-corrected chi connectivity index (χ3v) is 2.85. The maximum absolute atomic E-state index is 5.92. The standard InChI is InChI=1S/C14H18O2/c1-10(2)13-11(3)9-15-14(16-13)12-7-5-4-6-8-12/h4-8,11,13-14H,1,9H2,2-3H3/t11-,13-,14+/m1/s1. The van der Waals surface area contributed by atoms with Crippen LogP contribution in [0.15, 0.2) is 42.5 Å². The van der Waals surface area contributed by atoms with E-state index in [9.17, 15) is 0 Å². The summed E-state index contributed by atoms with van der Waals surface area (Å²) in [6.07, 6.45) is -0.155. The highest BCUT2D eigenvalue weighted by molar-refractivity contribution is 5.17. The summed E-state index contributed by atoms with van der Waals surface area (Å²) in [6, 6.07) is 10.0.